The Bertz CT molecular complexity index is 517. The predicted octanol–water partition coefficient (Wildman–Crippen LogP) is 2.48. The molecular formula is C15H20F2N2O. The van der Waals surface area contributed by atoms with E-state index in [1.807, 2.05) is 39.0 Å². The smallest absolute Gasteiger partial charge is 0.262 e. The quantitative estimate of drug-likeness (QED) is 0.894. The van der Waals surface area contributed by atoms with E-state index in [0.717, 1.165) is 16.7 Å². The number of carbonyl (C=O) groups is 1. The molecule has 5 heteroatoms. The second-order valence-electron chi connectivity index (χ2n) is 5.51. The van der Waals surface area contributed by atoms with Crippen LogP contribution in [-0.4, -0.2) is 24.4 Å². The molecule has 2 unspecified atom stereocenters. The van der Waals surface area contributed by atoms with Gasteiger partial charge in [-0.25, -0.2) is 8.78 Å². The number of alkyl halides is 2. The molecule has 2 rings (SSSR count). The fourth-order valence-corrected chi connectivity index (χ4v) is 2.54. The maximum absolute atomic E-state index is 13.1. The number of benzene rings is 1. The van der Waals surface area contributed by atoms with Gasteiger partial charge in [-0.05, 0) is 37.5 Å². The summed E-state index contributed by atoms with van der Waals surface area (Å²) in [7, 11) is 0. The summed E-state index contributed by atoms with van der Waals surface area (Å²) in [6.45, 7) is 5.44. The first-order valence-corrected chi connectivity index (χ1v) is 6.78. The third kappa shape index (κ3) is 3.15. The number of amides is 1. The Morgan fingerprint density at radius 1 is 1.45 bits per heavy atom. The summed E-state index contributed by atoms with van der Waals surface area (Å²) in [5.74, 6) is -3.15. The third-order valence-corrected chi connectivity index (χ3v) is 3.90. The zero-order chi connectivity index (χ0) is 14.9. The Labute approximate surface area is 117 Å². The standard InChI is InChI=1S/C15H20F2N2O/c1-9-5-4-6-12(10(9)2)11(3)19-14(20)13-7-15(16,17)8-18-13/h4-6,11,13,18H,7-8H2,1-3H3,(H,19,20). The summed E-state index contributed by atoms with van der Waals surface area (Å²) in [5, 5.41) is 5.38. The molecule has 0 saturated carbocycles. The largest absolute Gasteiger partial charge is 0.348 e. The normalized spacial score (nSPS) is 22.6. The Kier molecular flexibility index (Phi) is 4.09. The monoisotopic (exact) mass is 282 g/mol. The summed E-state index contributed by atoms with van der Waals surface area (Å²) >= 11 is 0. The molecule has 2 atom stereocenters. The van der Waals surface area contributed by atoms with E-state index in [-0.39, 0.29) is 11.9 Å². The van der Waals surface area contributed by atoms with Crippen LogP contribution in [0.1, 0.15) is 36.1 Å². The molecule has 110 valence electrons. The highest BCUT2D eigenvalue weighted by molar-refractivity contribution is 5.82. The van der Waals surface area contributed by atoms with Crippen LogP contribution >= 0.6 is 0 Å². The Hall–Kier alpha value is -1.49. The van der Waals surface area contributed by atoms with Gasteiger partial charge in [-0.1, -0.05) is 18.2 Å². The third-order valence-electron chi connectivity index (χ3n) is 3.90. The molecule has 1 aromatic carbocycles. The van der Waals surface area contributed by atoms with E-state index >= 15 is 0 Å². The van der Waals surface area contributed by atoms with Crippen molar-refractivity contribution < 1.29 is 13.6 Å². The zero-order valence-corrected chi connectivity index (χ0v) is 12.0. The number of halogens is 2. The Morgan fingerprint density at radius 3 is 2.75 bits per heavy atom. The fraction of sp³-hybridized carbons (Fsp3) is 0.533. The van der Waals surface area contributed by atoms with Gasteiger partial charge < -0.3 is 5.32 Å². The van der Waals surface area contributed by atoms with Gasteiger partial charge in [0.1, 0.15) is 0 Å². The van der Waals surface area contributed by atoms with Crippen molar-refractivity contribution in [3.05, 3.63) is 34.9 Å². The predicted molar refractivity (Wildman–Crippen MR) is 73.8 cm³/mol. The van der Waals surface area contributed by atoms with Crippen molar-refractivity contribution in [2.45, 2.75) is 45.2 Å². The van der Waals surface area contributed by atoms with Gasteiger partial charge in [0.15, 0.2) is 0 Å². The molecule has 0 spiro atoms. The van der Waals surface area contributed by atoms with Crippen LogP contribution < -0.4 is 10.6 Å². The average molecular weight is 282 g/mol. The lowest BCUT2D eigenvalue weighted by atomic mass is 9.98. The second-order valence-corrected chi connectivity index (χ2v) is 5.51. The second kappa shape index (κ2) is 5.48. The van der Waals surface area contributed by atoms with Crippen LogP contribution in [0, 0.1) is 13.8 Å². The van der Waals surface area contributed by atoms with Crippen LogP contribution in [0.25, 0.3) is 0 Å². The molecule has 3 nitrogen and oxygen atoms in total. The van der Waals surface area contributed by atoms with Gasteiger partial charge in [-0.2, -0.15) is 0 Å². The van der Waals surface area contributed by atoms with Gasteiger partial charge in [-0.15, -0.1) is 0 Å². The first-order valence-electron chi connectivity index (χ1n) is 6.78. The highest BCUT2D eigenvalue weighted by Gasteiger charge is 2.42. The van der Waals surface area contributed by atoms with E-state index in [1.165, 1.54) is 0 Å². The maximum Gasteiger partial charge on any atom is 0.262 e. The van der Waals surface area contributed by atoms with E-state index in [2.05, 4.69) is 10.6 Å². The molecule has 0 aliphatic carbocycles. The summed E-state index contributed by atoms with van der Waals surface area (Å²) < 4.78 is 26.2. The van der Waals surface area contributed by atoms with E-state index in [0.29, 0.717) is 0 Å². The molecule has 2 N–H and O–H groups in total. The number of rotatable bonds is 3. The van der Waals surface area contributed by atoms with Crippen molar-refractivity contribution >= 4 is 5.91 Å². The van der Waals surface area contributed by atoms with Crippen LogP contribution in [0.15, 0.2) is 18.2 Å². The SMILES string of the molecule is Cc1cccc(C(C)NC(=O)C2CC(F)(F)CN2)c1C. The highest BCUT2D eigenvalue weighted by atomic mass is 19.3. The van der Waals surface area contributed by atoms with E-state index in [4.69, 9.17) is 0 Å². The Balaban J connectivity index is 2.03. The molecule has 1 amide bonds. The first-order chi connectivity index (χ1) is 9.30. The first kappa shape index (κ1) is 14.9. The van der Waals surface area contributed by atoms with Crippen molar-refractivity contribution in [1.29, 1.82) is 0 Å². The summed E-state index contributed by atoms with van der Waals surface area (Å²) in [6.07, 6.45) is -0.432. The molecular weight excluding hydrogens is 262 g/mol. The molecule has 1 aliphatic rings. The number of hydrogen-bond donors (Lipinski definition) is 2. The maximum atomic E-state index is 13.1. The summed E-state index contributed by atoms with van der Waals surface area (Å²) in [4.78, 5) is 12.0. The number of carbonyl (C=O) groups excluding carboxylic acids is 1. The molecule has 1 aliphatic heterocycles. The van der Waals surface area contributed by atoms with E-state index < -0.39 is 24.9 Å². The topological polar surface area (TPSA) is 41.1 Å². The van der Waals surface area contributed by atoms with Gasteiger partial charge >= 0.3 is 0 Å². The number of aryl methyl sites for hydroxylation is 1. The van der Waals surface area contributed by atoms with E-state index in [1.54, 1.807) is 0 Å². The fourth-order valence-electron chi connectivity index (χ4n) is 2.54. The minimum atomic E-state index is -2.79. The van der Waals surface area contributed by atoms with Gasteiger partial charge in [0, 0.05) is 6.42 Å². The Morgan fingerprint density at radius 2 is 2.15 bits per heavy atom. The highest BCUT2D eigenvalue weighted by Crippen LogP contribution is 2.26. The molecule has 1 saturated heterocycles. The van der Waals surface area contributed by atoms with Crippen molar-refractivity contribution in [2.75, 3.05) is 6.54 Å². The zero-order valence-electron chi connectivity index (χ0n) is 12.0. The van der Waals surface area contributed by atoms with Crippen LogP contribution in [-0.2, 0) is 4.79 Å². The lowest BCUT2D eigenvalue weighted by molar-refractivity contribution is -0.124. The van der Waals surface area contributed by atoms with Crippen molar-refractivity contribution in [3.8, 4) is 0 Å². The van der Waals surface area contributed by atoms with Gasteiger partial charge in [0.25, 0.3) is 5.92 Å². The molecule has 20 heavy (non-hydrogen) atoms. The molecule has 0 bridgehead atoms. The summed E-state index contributed by atoms with van der Waals surface area (Å²) in [5.41, 5.74) is 3.28. The van der Waals surface area contributed by atoms with Gasteiger partial charge in [0.05, 0.1) is 18.6 Å². The summed E-state index contributed by atoms with van der Waals surface area (Å²) in [6, 6.07) is 4.88. The molecule has 1 heterocycles. The lowest BCUT2D eigenvalue weighted by Crippen LogP contribution is -2.41. The van der Waals surface area contributed by atoms with Crippen molar-refractivity contribution in [2.24, 2.45) is 0 Å². The van der Waals surface area contributed by atoms with Crippen LogP contribution in [0.5, 0.6) is 0 Å². The molecule has 1 fully saturated rings. The van der Waals surface area contributed by atoms with Crippen molar-refractivity contribution in [3.63, 3.8) is 0 Å². The van der Waals surface area contributed by atoms with Gasteiger partial charge in [-0.3, -0.25) is 10.1 Å². The minimum absolute atomic E-state index is 0.196. The van der Waals surface area contributed by atoms with Crippen LogP contribution in [0.4, 0.5) is 8.78 Å². The molecule has 0 radical (unpaired) electrons. The van der Waals surface area contributed by atoms with Gasteiger partial charge in [0.2, 0.25) is 5.91 Å². The molecule has 1 aromatic rings. The van der Waals surface area contributed by atoms with Crippen LogP contribution in [0.3, 0.4) is 0 Å². The minimum Gasteiger partial charge on any atom is -0.348 e. The molecule has 0 aromatic heterocycles. The number of hydrogen-bond acceptors (Lipinski definition) is 2. The van der Waals surface area contributed by atoms with Crippen molar-refractivity contribution in [1.82, 2.24) is 10.6 Å². The number of nitrogens with one attached hydrogen (secondary N) is 2. The van der Waals surface area contributed by atoms with E-state index in [9.17, 15) is 13.6 Å². The van der Waals surface area contributed by atoms with Crippen LogP contribution in [0.2, 0.25) is 0 Å². The lowest BCUT2D eigenvalue weighted by Gasteiger charge is -2.20. The average Bonchev–Trinajstić information content (AvgIpc) is 2.73.